The number of benzene rings is 1. The zero-order valence-corrected chi connectivity index (χ0v) is 16.6. The quantitative estimate of drug-likeness (QED) is 0.753. The molecule has 1 saturated carbocycles. The molecule has 0 aromatic heterocycles. The van der Waals surface area contributed by atoms with Crippen LogP contribution in [0.25, 0.3) is 0 Å². The number of piperazine rings is 1. The molecular formula is C21H28F2N4O2. The highest BCUT2D eigenvalue weighted by Crippen LogP contribution is 2.30. The number of anilines is 2. The number of nitrogens with one attached hydrogen (secondary N) is 2. The molecule has 0 radical (unpaired) electrons. The zero-order chi connectivity index (χ0) is 20.4. The van der Waals surface area contributed by atoms with Crippen LogP contribution in [0, 0.1) is 11.6 Å². The molecule has 1 unspecified atom stereocenters. The summed E-state index contributed by atoms with van der Waals surface area (Å²) in [6, 6.07) is 2.41. The molecule has 6 nitrogen and oxygen atoms in total. The fraction of sp³-hybridized carbons (Fsp3) is 0.619. The van der Waals surface area contributed by atoms with Crippen molar-refractivity contribution in [2.75, 3.05) is 36.4 Å². The molecule has 2 N–H and O–H groups in total. The van der Waals surface area contributed by atoms with Crippen LogP contribution in [-0.4, -0.2) is 55.0 Å². The molecule has 1 aromatic carbocycles. The van der Waals surface area contributed by atoms with Gasteiger partial charge in [-0.2, -0.15) is 0 Å². The third-order valence-corrected chi connectivity index (χ3v) is 6.32. The Morgan fingerprint density at radius 2 is 1.59 bits per heavy atom. The summed E-state index contributed by atoms with van der Waals surface area (Å²) >= 11 is 0. The molecule has 1 aliphatic carbocycles. The highest BCUT2D eigenvalue weighted by molar-refractivity contribution is 6.01. The fourth-order valence-corrected chi connectivity index (χ4v) is 4.74. The molecule has 1 aromatic rings. The third-order valence-electron chi connectivity index (χ3n) is 6.32. The summed E-state index contributed by atoms with van der Waals surface area (Å²) in [6.07, 6.45) is 6.82. The predicted molar refractivity (Wildman–Crippen MR) is 107 cm³/mol. The number of imide groups is 1. The Bertz CT molecular complexity index is 751. The van der Waals surface area contributed by atoms with Crippen LogP contribution in [-0.2, 0) is 9.59 Å². The average Bonchev–Trinajstić information content (AvgIpc) is 2.71. The Balaban J connectivity index is 1.40. The van der Waals surface area contributed by atoms with E-state index in [2.05, 4.69) is 15.5 Å². The number of carbonyl (C=O) groups excluding carboxylic acids is 2. The lowest BCUT2D eigenvalue weighted by molar-refractivity contribution is -0.133. The molecule has 4 rings (SSSR count). The largest absolute Gasteiger partial charge is 0.373 e. The van der Waals surface area contributed by atoms with Crippen LogP contribution in [0.3, 0.4) is 0 Å². The number of piperidine rings is 1. The van der Waals surface area contributed by atoms with E-state index in [9.17, 15) is 18.4 Å². The molecule has 3 fully saturated rings. The number of halogens is 2. The Morgan fingerprint density at radius 1 is 0.931 bits per heavy atom. The molecule has 2 saturated heterocycles. The SMILES string of the molecule is O=C1CCC(Nc2cc(F)c(N3CCN(C4CCCCC4)CC3)c(F)c2)C(=O)N1. The van der Waals surface area contributed by atoms with Gasteiger partial charge < -0.3 is 10.2 Å². The van der Waals surface area contributed by atoms with Gasteiger partial charge in [0, 0.05) is 44.3 Å². The Morgan fingerprint density at radius 3 is 2.21 bits per heavy atom. The second-order valence-corrected chi connectivity index (χ2v) is 8.25. The number of hydrogen-bond donors (Lipinski definition) is 2. The summed E-state index contributed by atoms with van der Waals surface area (Å²) in [6.45, 7) is 2.84. The maximum Gasteiger partial charge on any atom is 0.249 e. The molecule has 158 valence electrons. The van der Waals surface area contributed by atoms with Crippen molar-refractivity contribution >= 4 is 23.2 Å². The summed E-state index contributed by atoms with van der Waals surface area (Å²) in [5.74, 6) is -2.06. The van der Waals surface area contributed by atoms with Crippen molar-refractivity contribution in [1.29, 1.82) is 0 Å². The molecule has 0 bridgehead atoms. The van der Waals surface area contributed by atoms with Crippen molar-refractivity contribution in [3.63, 3.8) is 0 Å². The predicted octanol–water partition coefficient (Wildman–Crippen LogP) is 2.64. The minimum atomic E-state index is -0.670. The van der Waals surface area contributed by atoms with E-state index in [0.717, 1.165) is 13.1 Å². The Hall–Kier alpha value is -2.22. The average molecular weight is 406 g/mol. The van der Waals surface area contributed by atoms with Gasteiger partial charge in [0.15, 0.2) is 11.6 Å². The van der Waals surface area contributed by atoms with Gasteiger partial charge in [0.1, 0.15) is 11.7 Å². The normalized spacial score (nSPS) is 24.5. The van der Waals surface area contributed by atoms with Gasteiger partial charge in [-0.05, 0) is 31.4 Å². The molecule has 1 atom stereocenters. The Kier molecular flexibility index (Phi) is 5.99. The van der Waals surface area contributed by atoms with E-state index in [1.54, 1.807) is 4.90 Å². The molecule has 8 heteroatoms. The first-order chi connectivity index (χ1) is 14.0. The van der Waals surface area contributed by atoms with Crippen LogP contribution in [0.15, 0.2) is 12.1 Å². The van der Waals surface area contributed by atoms with Crippen LogP contribution >= 0.6 is 0 Å². The molecular weight excluding hydrogens is 378 g/mol. The van der Waals surface area contributed by atoms with E-state index in [1.807, 2.05) is 0 Å². The highest BCUT2D eigenvalue weighted by Gasteiger charge is 2.29. The van der Waals surface area contributed by atoms with E-state index in [1.165, 1.54) is 44.2 Å². The van der Waals surface area contributed by atoms with Crippen molar-refractivity contribution in [2.24, 2.45) is 0 Å². The molecule has 2 amide bonds. The lowest BCUT2D eigenvalue weighted by atomic mass is 9.94. The van der Waals surface area contributed by atoms with Crippen molar-refractivity contribution < 1.29 is 18.4 Å². The zero-order valence-electron chi connectivity index (χ0n) is 16.6. The van der Waals surface area contributed by atoms with E-state index < -0.39 is 23.6 Å². The number of rotatable bonds is 4. The molecule has 0 spiro atoms. The fourth-order valence-electron chi connectivity index (χ4n) is 4.74. The summed E-state index contributed by atoms with van der Waals surface area (Å²) in [4.78, 5) is 27.3. The maximum atomic E-state index is 14.8. The number of hydrogen-bond acceptors (Lipinski definition) is 5. The van der Waals surface area contributed by atoms with Gasteiger partial charge in [-0.15, -0.1) is 0 Å². The van der Waals surface area contributed by atoms with Gasteiger partial charge in [0.25, 0.3) is 0 Å². The minimum absolute atomic E-state index is 0.00196. The molecule has 29 heavy (non-hydrogen) atoms. The summed E-state index contributed by atoms with van der Waals surface area (Å²) in [7, 11) is 0. The summed E-state index contributed by atoms with van der Waals surface area (Å²) in [5.41, 5.74) is 0.209. The Labute approximate surface area is 169 Å². The van der Waals surface area contributed by atoms with Gasteiger partial charge in [-0.1, -0.05) is 19.3 Å². The second kappa shape index (κ2) is 8.65. The number of nitrogens with zero attached hydrogens (tertiary/aromatic N) is 2. The van der Waals surface area contributed by atoms with E-state index >= 15 is 0 Å². The lowest BCUT2D eigenvalue weighted by Crippen LogP contribution is -2.51. The highest BCUT2D eigenvalue weighted by atomic mass is 19.1. The van der Waals surface area contributed by atoms with Crippen molar-refractivity contribution in [3.05, 3.63) is 23.8 Å². The van der Waals surface area contributed by atoms with Crippen LogP contribution in [0.1, 0.15) is 44.9 Å². The van der Waals surface area contributed by atoms with Crippen LogP contribution in [0.5, 0.6) is 0 Å². The number of carbonyl (C=O) groups is 2. The second-order valence-electron chi connectivity index (χ2n) is 8.25. The molecule has 3 aliphatic rings. The van der Waals surface area contributed by atoms with E-state index in [4.69, 9.17) is 0 Å². The van der Waals surface area contributed by atoms with Gasteiger partial charge in [0.05, 0.1) is 0 Å². The molecule has 2 aliphatic heterocycles. The maximum absolute atomic E-state index is 14.8. The monoisotopic (exact) mass is 406 g/mol. The van der Waals surface area contributed by atoms with Gasteiger partial charge in [-0.3, -0.25) is 19.8 Å². The first-order valence-electron chi connectivity index (χ1n) is 10.6. The van der Waals surface area contributed by atoms with Crippen LogP contribution in [0.4, 0.5) is 20.2 Å². The standard InChI is InChI=1S/C21H28F2N4O2/c22-16-12-14(24-18-6-7-19(28)25-21(18)29)13-17(23)20(16)27-10-8-26(9-11-27)15-4-2-1-3-5-15/h12-13,15,18,24H,1-11H2,(H,25,28,29). The first kappa shape index (κ1) is 20.1. The van der Waals surface area contributed by atoms with Crippen LogP contribution in [0.2, 0.25) is 0 Å². The lowest BCUT2D eigenvalue weighted by Gasteiger charge is -2.41. The van der Waals surface area contributed by atoms with Crippen molar-refractivity contribution in [2.45, 2.75) is 57.0 Å². The molecule has 2 heterocycles. The number of amides is 2. The summed E-state index contributed by atoms with van der Waals surface area (Å²) in [5, 5.41) is 5.07. The van der Waals surface area contributed by atoms with Crippen LogP contribution < -0.4 is 15.5 Å². The smallest absolute Gasteiger partial charge is 0.249 e. The van der Waals surface area contributed by atoms with E-state index in [-0.39, 0.29) is 23.7 Å². The van der Waals surface area contributed by atoms with Gasteiger partial charge >= 0.3 is 0 Å². The van der Waals surface area contributed by atoms with Gasteiger partial charge in [-0.25, -0.2) is 8.78 Å². The third kappa shape index (κ3) is 4.52. The summed E-state index contributed by atoms with van der Waals surface area (Å²) < 4.78 is 29.5. The minimum Gasteiger partial charge on any atom is -0.373 e. The van der Waals surface area contributed by atoms with Gasteiger partial charge in [0.2, 0.25) is 11.8 Å². The van der Waals surface area contributed by atoms with Crippen molar-refractivity contribution in [1.82, 2.24) is 10.2 Å². The topological polar surface area (TPSA) is 64.7 Å². The van der Waals surface area contributed by atoms with E-state index in [0.29, 0.717) is 25.6 Å². The first-order valence-corrected chi connectivity index (χ1v) is 10.6. The van der Waals surface area contributed by atoms with Crippen molar-refractivity contribution in [3.8, 4) is 0 Å².